The van der Waals surface area contributed by atoms with Gasteiger partial charge in [0.2, 0.25) is 5.75 Å². The lowest BCUT2D eigenvalue weighted by atomic mass is 10.2. The second-order valence-electron chi connectivity index (χ2n) is 3.29. The molecule has 0 aliphatic heterocycles. The molecular weight excluding hydrogens is 238 g/mol. The lowest BCUT2D eigenvalue weighted by molar-refractivity contribution is 0.191. The number of aliphatic imine (C=N–C) groups is 1. The third-order valence-corrected chi connectivity index (χ3v) is 2.04. The first-order chi connectivity index (χ1) is 8.62. The van der Waals surface area contributed by atoms with Gasteiger partial charge in [0.25, 0.3) is 0 Å². The quantitative estimate of drug-likeness (QED) is 0.486. The summed E-state index contributed by atoms with van der Waals surface area (Å²) in [5, 5.41) is 8.77. The smallest absolute Gasteiger partial charge is 0.203 e. The Morgan fingerprint density at radius 2 is 1.78 bits per heavy atom. The van der Waals surface area contributed by atoms with Gasteiger partial charge in [-0.3, -0.25) is 0 Å². The molecule has 0 aliphatic carbocycles. The van der Waals surface area contributed by atoms with Crippen molar-refractivity contribution in [1.82, 2.24) is 0 Å². The number of benzene rings is 1. The van der Waals surface area contributed by atoms with Crippen LogP contribution in [0.15, 0.2) is 17.1 Å². The summed E-state index contributed by atoms with van der Waals surface area (Å²) in [4.78, 5) is 3.91. The molecule has 0 aromatic heterocycles. The highest BCUT2D eigenvalue weighted by Gasteiger charge is 2.14. The molecule has 0 atom stereocenters. The maximum absolute atomic E-state index is 8.77. The Hall–Kier alpha value is -2.15. The van der Waals surface area contributed by atoms with Crippen molar-refractivity contribution in [3.63, 3.8) is 0 Å². The van der Waals surface area contributed by atoms with Crippen LogP contribution in [0.2, 0.25) is 0 Å². The molecular formula is C11H17N3O4. The van der Waals surface area contributed by atoms with Gasteiger partial charge < -0.3 is 30.8 Å². The number of methoxy groups -OCH3 is 2. The maximum atomic E-state index is 8.77. The first-order valence-corrected chi connectivity index (χ1v) is 5.21. The SMILES string of the molecule is COc1cc(N=C(N)N)cc(OC)c1OCCO. The van der Waals surface area contributed by atoms with E-state index in [0.29, 0.717) is 22.9 Å². The van der Waals surface area contributed by atoms with Crippen LogP contribution < -0.4 is 25.7 Å². The van der Waals surface area contributed by atoms with E-state index >= 15 is 0 Å². The summed E-state index contributed by atoms with van der Waals surface area (Å²) in [6.07, 6.45) is 0. The first-order valence-electron chi connectivity index (χ1n) is 5.21. The van der Waals surface area contributed by atoms with Crippen molar-refractivity contribution in [3.8, 4) is 17.2 Å². The molecule has 0 bridgehead atoms. The Kier molecular flexibility index (Phi) is 5.06. The van der Waals surface area contributed by atoms with Crippen LogP contribution in [0.3, 0.4) is 0 Å². The van der Waals surface area contributed by atoms with Crippen molar-refractivity contribution >= 4 is 11.6 Å². The number of nitrogens with zero attached hydrogens (tertiary/aromatic N) is 1. The van der Waals surface area contributed by atoms with Gasteiger partial charge in [-0.2, -0.15) is 0 Å². The number of nitrogens with two attached hydrogens (primary N) is 2. The minimum atomic E-state index is -0.109. The third kappa shape index (κ3) is 3.42. The van der Waals surface area contributed by atoms with Gasteiger partial charge in [-0.1, -0.05) is 0 Å². The van der Waals surface area contributed by atoms with Crippen LogP contribution in [0.4, 0.5) is 5.69 Å². The van der Waals surface area contributed by atoms with Gasteiger partial charge in [0.1, 0.15) is 6.61 Å². The normalized spacial score (nSPS) is 9.72. The van der Waals surface area contributed by atoms with Crippen LogP contribution in [0.5, 0.6) is 17.2 Å². The molecule has 1 aromatic rings. The van der Waals surface area contributed by atoms with Crippen molar-refractivity contribution in [2.24, 2.45) is 16.5 Å². The summed E-state index contributed by atoms with van der Waals surface area (Å²) in [6, 6.07) is 3.21. The zero-order chi connectivity index (χ0) is 13.5. The van der Waals surface area contributed by atoms with Crippen molar-refractivity contribution in [2.75, 3.05) is 27.4 Å². The van der Waals surface area contributed by atoms with Gasteiger partial charge in [0.15, 0.2) is 17.5 Å². The van der Waals surface area contributed by atoms with Gasteiger partial charge in [-0.05, 0) is 0 Å². The van der Waals surface area contributed by atoms with Crippen LogP contribution in [0, 0.1) is 0 Å². The molecule has 0 aliphatic rings. The van der Waals surface area contributed by atoms with E-state index in [1.54, 1.807) is 12.1 Å². The van der Waals surface area contributed by atoms with Crippen molar-refractivity contribution in [2.45, 2.75) is 0 Å². The van der Waals surface area contributed by atoms with E-state index in [0.717, 1.165) is 0 Å². The minimum absolute atomic E-state index is 0.0665. The molecule has 0 unspecified atom stereocenters. The fraction of sp³-hybridized carbons (Fsp3) is 0.364. The standard InChI is InChI=1S/C11H17N3O4/c1-16-8-5-7(14-11(12)13)6-9(17-2)10(8)18-4-3-15/h5-6,15H,3-4H2,1-2H3,(H4,12,13,14). The summed E-state index contributed by atoms with van der Waals surface area (Å²) < 4.78 is 15.7. The molecule has 7 heteroatoms. The minimum Gasteiger partial charge on any atom is -0.493 e. The summed E-state index contributed by atoms with van der Waals surface area (Å²) in [5.41, 5.74) is 11.1. The van der Waals surface area contributed by atoms with E-state index in [-0.39, 0.29) is 19.2 Å². The second kappa shape index (κ2) is 6.55. The number of rotatable bonds is 6. The average molecular weight is 255 g/mol. The van der Waals surface area contributed by atoms with Gasteiger partial charge >= 0.3 is 0 Å². The highest BCUT2D eigenvalue weighted by atomic mass is 16.5. The van der Waals surface area contributed by atoms with Crippen molar-refractivity contribution < 1.29 is 19.3 Å². The molecule has 0 saturated carbocycles. The largest absolute Gasteiger partial charge is 0.493 e. The number of hydrogen-bond acceptors (Lipinski definition) is 5. The molecule has 0 fully saturated rings. The zero-order valence-electron chi connectivity index (χ0n) is 10.3. The molecule has 0 radical (unpaired) electrons. The lowest BCUT2D eigenvalue weighted by Crippen LogP contribution is -2.21. The van der Waals surface area contributed by atoms with Gasteiger partial charge in [-0.15, -0.1) is 0 Å². The number of aliphatic hydroxyl groups excluding tert-OH is 1. The molecule has 18 heavy (non-hydrogen) atoms. The monoisotopic (exact) mass is 255 g/mol. The van der Waals surface area contributed by atoms with Crippen molar-refractivity contribution in [1.29, 1.82) is 0 Å². The highest BCUT2D eigenvalue weighted by molar-refractivity contribution is 5.79. The second-order valence-corrected chi connectivity index (χ2v) is 3.29. The Bertz CT molecular complexity index is 405. The number of aliphatic hydroxyl groups is 1. The van der Waals surface area contributed by atoms with E-state index in [9.17, 15) is 0 Å². The summed E-state index contributed by atoms with van der Waals surface area (Å²) in [7, 11) is 2.97. The molecule has 7 nitrogen and oxygen atoms in total. The van der Waals surface area contributed by atoms with Crippen LogP contribution in [0.25, 0.3) is 0 Å². The number of hydrogen-bond donors (Lipinski definition) is 3. The summed E-state index contributed by atoms with van der Waals surface area (Å²) in [6.45, 7) is 0.0241. The fourth-order valence-corrected chi connectivity index (χ4v) is 1.37. The van der Waals surface area contributed by atoms with Gasteiger partial charge in [0.05, 0.1) is 26.5 Å². The topological polar surface area (TPSA) is 112 Å². The van der Waals surface area contributed by atoms with Gasteiger partial charge in [-0.25, -0.2) is 4.99 Å². The Morgan fingerprint density at radius 1 is 1.22 bits per heavy atom. The number of ether oxygens (including phenoxy) is 3. The molecule has 0 heterocycles. The maximum Gasteiger partial charge on any atom is 0.203 e. The average Bonchev–Trinajstić information content (AvgIpc) is 2.35. The van der Waals surface area contributed by atoms with E-state index in [2.05, 4.69) is 4.99 Å². The van der Waals surface area contributed by atoms with Crippen LogP contribution in [-0.2, 0) is 0 Å². The molecule has 0 saturated heterocycles. The lowest BCUT2D eigenvalue weighted by Gasteiger charge is -2.14. The van der Waals surface area contributed by atoms with E-state index < -0.39 is 0 Å². The fourth-order valence-electron chi connectivity index (χ4n) is 1.37. The van der Waals surface area contributed by atoms with Crippen LogP contribution in [0.1, 0.15) is 0 Å². The Labute approximate surface area is 105 Å². The van der Waals surface area contributed by atoms with Gasteiger partial charge in [0, 0.05) is 12.1 Å². The first kappa shape index (κ1) is 13.9. The molecule has 100 valence electrons. The molecule has 0 spiro atoms. The summed E-state index contributed by atoms with van der Waals surface area (Å²) >= 11 is 0. The van der Waals surface area contributed by atoms with Crippen LogP contribution in [-0.4, -0.2) is 38.5 Å². The van der Waals surface area contributed by atoms with E-state index in [1.807, 2.05) is 0 Å². The highest BCUT2D eigenvalue weighted by Crippen LogP contribution is 2.41. The predicted octanol–water partition coefficient (Wildman–Crippen LogP) is -0.0202. The van der Waals surface area contributed by atoms with E-state index in [4.69, 9.17) is 30.8 Å². The molecule has 5 N–H and O–H groups in total. The van der Waals surface area contributed by atoms with Crippen molar-refractivity contribution in [3.05, 3.63) is 12.1 Å². The van der Waals surface area contributed by atoms with E-state index in [1.165, 1.54) is 14.2 Å². The molecule has 0 amide bonds. The Balaban J connectivity index is 3.20. The molecule has 1 rings (SSSR count). The number of guanidine groups is 1. The Morgan fingerprint density at radius 3 is 2.17 bits per heavy atom. The predicted molar refractivity (Wildman–Crippen MR) is 67.6 cm³/mol. The summed E-state index contributed by atoms with van der Waals surface area (Å²) in [5.74, 6) is 1.16. The zero-order valence-corrected chi connectivity index (χ0v) is 10.3. The molecule has 1 aromatic carbocycles. The van der Waals surface area contributed by atoms with Crippen LogP contribution >= 0.6 is 0 Å². The third-order valence-electron chi connectivity index (χ3n) is 2.04.